The van der Waals surface area contributed by atoms with Crippen molar-refractivity contribution in [3.8, 4) is 11.1 Å². The van der Waals surface area contributed by atoms with Crippen LogP contribution in [-0.2, 0) is 14.3 Å². The number of hydrogen-bond acceptors (Lipinski definition) is 4. The number of rotatable bonds is 6. The van der Waals surface area contributed by atoms with Crippen molar-refractivity contribution in [1.29, 1.82) is 0 Å². The normalized spacial score (nSPS) is 25.5. The lowest BCUT2D eigenvalue weighted by molar-refractivity contribution is -0.146. The van der Waals surface area contributed by atoms with E-state index in [4.69, 9.17) is 4.74 Å². The molecule has 7 heteroatoms. The van der Waals surface area contributed by atoms with Crippen LogP contribution in [0.1, 0.15) is 42.7 Å². The van der Waals surface area contributed by atoms with E-state index in [1.807, 2.05) is 24.3 Å². The number of likely N-dealkylation sites (tertiary alicyclic amines) is 1. The fraction of sp³-hybridized carbons (Fsp3) is 0.464. The fourth-order valence-corrected chi connectivity index (χ4v) is 6.49. The van der Waals surface area contributed by atoms with Crippen molar-refractivity contribution in [2.24, 2.45) is 23.2 Å². The topological polar surface area (TPSA) is 95.9 Å². The highest BCUT2D eigenvalue weighted by molar-refractivity contribution is 5.84. The molecule has 2 amide bonds. The molecule has 1 spiro atoms. The van der Waals surface area contributed by atoms with Gasteiger partial charge in [-0.3, -0.25) is 9.59 Å². The average molecular weight is 475 g/mol. The first kappa shape index (κ1) is 22.1. The van der Waals surface area contributed by atoms with Crippen LogP contribution in [0.2, 0.25) is 0 Å². The molecule has 35 heavy (non-hydrogen) atoms. The molecule has 3 aliphatic carbocycles. The Bertz CT molecular complexity index is 1140. The maximum Gasteiger partial charge on any atom is 0.407 e. The van der Waals surface area contributed by atoms with Crippen LogP contribution in [0.25, 0.3) is 11.1 Å². The number of carboxylic acid groups (broad SMARTS) is 1. The first-order chi connectivity index (χ1) is 17.0. The van der Waals surface area contributed by atoms with Gasteiger partial charge in [-0.1, -0.05) is 55.0 Å². The van der Waals surface area contributed by atoms with Crippen molar-refractivity contribution in [1.82, 2.24) is 10.2 Å². The molecule has 6 rings (SSSR count). The Balaban J connectivity index is 0.998. The number of benzene rings is 2. The van der Waals surface area contributed by atoms with E-state index in [1.165, 1.54) is 22.3 Å². The van der Waals surface area contributed by atoms with Crippen molar-refractivity contribution >= 4 is 18.0 Å². The molecule has 1 aliphatic heterocycles. The molecular weight excluding hydrogens is 444 g/mol. The standard InChI is InChI=1S/C28H30N2O5/c31-25(30-14-24(26(32)33)28(16-30)10-5-11-28)22-12-17(22)13-29-27(34)35-15-23-20-8-3-1-6-18(20)19-7-2-4-9-21(19)23/h1-4,6-9,17,22-24H,5,10-16H2,(H,29,34)(H,32,33)/t17-,22-,24?/m0/s1. The predicted molar refractivity (Wildman–Crippen MR) is 129 cm³/mol. The number of amides is 2. The van der Waals surface area contributed by atoms with Crippen molar-refractivity contribution < 1.29 is 24.2 Å². The van der Waals surface area contributed by atoms with E-state index in [2.05, 4.69) is 29.6 Å². The molecule has 4 aliphatic rings. The van der Waals surface area contributed by atoms with E-state index in [0.29, 0.717) is 19.6 Å². The predicted octanol–water partition coefficient (Wildman–Crippen LogP) is 3.87. The van der Waals surface area contributed by atoms with Crippen LogP contribution in [0.15, 0.2) is 48.5 Å². The summed E-state index contributed by atoms with van der Waals surface area (Å²) in [6.07, 6.45) is 3.09. The van der Waals surface area contributed by atoms with Gasteiger partial charge in [0.1, 0.15) is 6.61 Å². The number of nitrogens with zero attached hydrogens (tertiary/aromatic N) is 1. The Hall–Kier alpha value is -3.35. The van der Waals surface area contributed by atoms with Gasteiger partial charge in [0.25, 0.3) is 0 Å². The molecular formula is C28H30N2O5. The van der Waals surface area contributed by atoms with E-state index in [-0.39, 0.29) is 35.7 Å². The van der Waals surface area contributed by atoms with E-state index in [9.17, 15) is 19.5 Å². The number of carbonyl (C=O) groups is 3. The number of aliphatic carboxylic acids is 1. The van der Waals surface area contributed by atoms with Crippen molar-refractivity contribution in [3.63, 3.8) is 0 Å². The van der Waals surface area contributed by atoms with Crippen molar-refractivity contribution in [2.45, 2.75) is 31.6 Å². The lowest BCUT2D eigenvalue weighted by Crippen LogP contribution is -2.41. The van der Waals surface area contributed by atoms with Gasteiger partial charge in [0, 0.05) is 36.9 Å². The Morgan fingerprint density at radius 1 is 1.03 bits per heavy atom. The molecule has 2 aromatic rings. The summed E-state index contributed by atoms with van der Waals surface area (Å²) in [6.45, 7) is 1.54. The summed E-state index contributed by atoms with van der Waals surface area (Å²) in [5.74, 6) is -1.22. The number of alkyl carbamates (subject to hydrolysis) is 1. The number of ether oxygens (including phenoxy) is 1. The summed E-state index contributed by atoms with van der Waals surface area (Å²) in [7, 11) is 0. The van der Waals surface area contributed by atoms with Gasteiger partial charge < -0.3 is 20.1 Å². The summed E-state index contributed by atoms with van der Waals surface area (Å²) in [5, 5.41) is 12.4. The maximum atomic E-state index is 13.0. The van der Waals surface area contributed by atoms with Crippen LogP contribution in [0.5, 0.6) is 0 Å². The minimum atomic E-state index is -0.788. The Morgan fingerprint density at radius 2 is 1.69 bits per heavy atom. The van der Waals surface area contributed by atoms with Crippen molar-refractivity contribution in [3.05, 3.63) is 59.7 Å². The first-order valence-electron chi connectivity index (χ1n) is 12.6. The molecule has 3 fully saturated rings. The lowest BCUT2D eigenvalue weighted by Gasteiger charge is -2.40. The zero-order valence-electron chi connectivity index (χ0n) is 19.6. The van der Waals surface area contributed by atoms with Gasteiger partial charge in [0.05, 0.1) is 5.92 Å². The van der Waals surface area contributed by atoms with E-state index >= 15 is 0 Å². The highest BCUT2D eigenvalue weighted by Gasteiger charge is 2.56. The van der Waals surface area contributed by atoms with E-state index in [1.54, 1.807) is 4.90 Å². The zero-order valence-corrected chi connectivity index (χ0v) is 19.6. The number of carbonyl (C=O) groups excluding carboxylic acids is 2. The molecule has 1 heterocycles. The smallest absolute Gasteiger partial charge is 0.407 e. The Kier molecular flexibility index (Phi) is 5.31. The minimum absolute atomic E-state index is 0.0135. The summed E-state index contributed by atoms with van der Waals surface area (Å²) in [4.78, 5) is 38.9. The molecule has 0 bridgehead atoms. The molecule has 1 saturated heterocycles. The second-order valence-electron chi connectivity index (χ2n) is 10.6. The summed E-state index contributed by atoms with van der Waals surface area (Å²) in [5.41, 5.74) is 4.50. The van der Waals surface area contributed by atoms with Crippen LogP contribution in [0, 0.1) is 23.2 Å². The molecule has 1 unspecified atom stereocenters. The van der Waals surface area contributed by atoms with Crippen LogP contribution < -0.4 is 5.32 Å². The third-order valence-corrected chi connectivity index (χ3v) is 8.70. The summed E-state index contributed by atoms with van der Waals surface area (Å²) in [6, 6.07) is 16.4. The van der Waals surface area contributed by atoms with Crippen molar-refractivity contribution in [2.75, 3.05) is 26.2 Å². The van der Waals surface area contributed by atoms with Gasteiger partial charge >= 0.3 is 12.1 Å². The zero-order chi connectivity index (χ0) is 24.2. The molecule has 0 aromatic heterocycles. The third kappa shape index (κ3) is 3.77. The molecule has 2 N–H and O–H groups in total. The second-order valence-corrected chi connectivity index (χ2v) is 10.6. The third-order valence-electron chi connectivity index (χ3n) is 8.70. The quantitative estimate of drug-likeness (QED) is 0.663. The molecule has 3 atom stereocenters. The molecule has 2 aromatic carbocycles. The van der Waals surface area contributed by atoms with Crippen LogP contribution in [0.4, 0.5) is 4.79 Å². The maximum absolute atomic E-state index is 13.0. The Labute approximate surface area is 204 Å². The molecule has 7 nitrogen and oxygen atoms in total. The number of fused-ring (bicyclic) bond motifs is 3. The van der Waals surface area contributed by atoms with E-state index < -0.39 is 18.0 Å². The fourth-order valence-electron chi connectivity index (χ4n) is 6.49. The first-order valence-corrected chi connectivity index (χ1v) is 12.6. The summed E-state index contributed by atoms with van der Waals surface area (Å²) >= 11 is 0. The van der Waals surface area contributed by atoms with Gasteiger partial charge in [0.2, 0.25) is 5.91 Å². The largest absolute Gasteiger partial charge is 0.481 e. The average Bonchev–Trinajstić information content (AvgIpc) is 3.37. The van der Waals surface area contributed by atoms with Crippen LogP contribution in [-0.4, -0.2) is 54.2 Å². The van der Waals surface area contributed by atoms with Gasteiger partial charge in [-0.05, 0) is 47.4 Å². The van der Waals surface area contributed by atoms with Gasteiger partial charge in [-0.2, -0.15) is 0 Å². The molecule has 182 valence electrons. The van der Waals surface area contributed by atoms with Gasteiger partial charge in [-0.25, -0.2) is 4.79 Å². The van der Waals surface area contributed by atoms with Gasteiger partial charge in [0.15, 0.2) is 0 Å². The van der Waals surface area contributed by atoms with Gasteiger partial charge in [-0.15, -0.1) is 0 Å². The Morgan fingerprint density at radius 3 is 2.26 bits per heavy atom. The number of carboxylic acids is 1. The highest BCUT2D eigenvalue weighted by atomic mass is 16.5. The molecule has 2 saturated carbocycles. The monoisotopic (exact) mass is 474 g/mol. The second kappa shape index (κ2) is 8.40. The highest BCUT2D eigenvalue weighted by Crippen LogP contribution is 2.53. The number of nitrogens with one attached hydrogen (secondary N) is 1. The van der Waals surface area contributed by atoms with E-state index in [0.717, 1.165) is 25.7 Å². The number of hydrogen-bond donors (Lipinski definition) is 2. The lowest BCUT2D eigenvalue weighted by atomic mass is 9.63. The SMILES string of the molecule is O=C(NC[C@@H]1C[C@@H]1C(=O)N1CC(C(=O)O)C2(CCC2)C1)OCC1c2ccccc2-c2ccccc21. The minimum Gasteiger partial charge on any atom is -0.481 e. The molecule has 0 radical (unpaired) electrons. The summed E-state index contributed by atoms with van der Waals surface area (Å²) < 4.78 is 5.59. The van der Waals surface area contributed by atoms with Crippen LogP contribution in [0.3, 0.4) is 0 Å². The van der Waals surface area contributed by atoms with Crippen LogP contribution >= 0.6 is 0 Å².